The zero-order chi connectivity index (χ0) is 24.7. The molecule has 0 atom stereocenters. The van der Waals surface area contributed by atoms with Crippen LogP contribution in [0.4, 0.5) is 0 Å². The van der Waals surface area contributed by atoms with Gasteiger partial charge in [-0.1, -0.05) is 89.5 Å². The van der Waals surface area contributed by atoms with E-state index in [-0.39, 0.29) is 11.4 Å². The van der Waals surface area contributed by atoms with Gasteiger partial charge in [0.1, 0.15) is 0 Å². The minimum Gasteiger partial charge on any atom is -0.260 e. The van der Waals surface area contributed by atoms with Crippen molar-refractivity contribution >= 4 is 53.5 Å². The molecular weight excluding hydrogens is 589 g/mol. The molecule has 1 heterocycles. The molecule has 3 nitrogen and oxygen atoms in total. The van der Waals surface area contributed by atoms with E-state index in [9.17, 15) is 8.42 Å². The Kier molecular flexibility index (Phi) is 6.51. The molecule has 4 aromatic carbocycles. The van der Waals surface area contributed by atoms with Crippen molar-refractivity contribution in [1.29, 1.82) is 0 Å². The first-order valence-corrected chi connectivity index (χ1v) is 14.1. The third kappa shape index (κ3) is 4.53. The Hall–Kier alpha value is -2.61. The monoisotopic (exact) mass is 611 g/mol. The van der Waals surface area contributed by atoms with Gasteiger partial charge in [-0.2, -0.15) is 0 Å². The fourth-order valence-corrected chi connectivity index (χ4v) is 7.27. The molecule has 0 saturated carbocycles. The van der Waals surface area contributed by atoms with Crippen LogP contribution in [0.1, 0.15) is 27.8 Å². The third-order valence-electron chi connectivity index (χ3n) is 6.23. The molecule has 176 valence electrons. The maximum absolute atomic E-state index is 14.2. The second-order valence-corrected chi connectivity index (χ2v) is 12.1. The minimum absolute atomic E-state index is 0.163. The lowest BCUT2D eigenvalue weighted by atomic mass is 9.92. The molecule has 0 aromatic heterocycles. The van der Waals surface area contributed by atoms with Crippen LogP contribution in [0.15, 0.2) is 95.9 Å². The van der Waals surface area contributed by atoms with Gasteiger partial charge < -0.3 is 0 Å². The number of rotatable bonds is 3. The Morgan fingerprint density at radius 3 is 2.03 bits per heavy atom. The van der Waals surface area contributed by atoms with Gasteiger partial charge in [0.15, 0.2) is 0 Å². The van der Waals surface area contributed by atoms with Gasteiger partial charge in [-0.3, -0.25) is 4.31 Å². The molecule has 6 heteroatoms. The molecule has 0 fully saturated rings. The van der Waals surface area contributed by atoms with Gasteiger partial charge in [-0.15, -0.1) is 0 Å². The second-order valence-electron chi connectivity index (χ2n) is 8.70. The van der Waals surface area contributed by atoms with Crippen LogP contribution in [-0.2, 0) is 16.6 Å². The van der Waals surface area contributed by atoms with Crippen LogP contribution in [-0.4, -0.2) is 12.7 Å². The molecular formula is C29H23ClINO2S. The van der Waals surface area contributed by atoms with Crippen LogP contribution in [0.25, 0.3) is 20.4 Å². The van der Waals surface area contributed by atoms with Gasteiger partial charge in [0.25, 0.3) is 10.0 Å². The summed E-state index contributed by atoms with van der Waals surface area (Å²) in [4.78, 5) is 0.259. The second kappa shape index (κ2) is 9.45. The Bertz CT molecular complexity index is 1560. The molecule has 0 N–H and O–H groups in total. The summed E-state index contributed by atoms with van der Waals surface area (Å²) in [5.41, 5.74) is 7.49. The van der Waals surface area contributed by atoms with E-state index in [1.54, 1.807) is 12.1 Å². The van der Waals surface area contributed by atoms with Crippen LogP contribution in [0.3, 0.4) is 0 Å². The molecule has 0 aliphatic carbocycles. The summed E-state index contributed by atoms with van der Waals surface area (Å²) < 4.78 is 30.9. The molecule has 0 spiro atoms. The van der Waals surface area contributed by atoms with Crippen molar-refractivity contribution < 1.29 is 8.42 Å². The summed E-state index contributed by atoms with van der Waals surface area (Å²) in [5, 5.41) is 0.574. The van der Waals surface area contributed by atoms with Gasteiger partial charge in [0.2, 0.25) is 0 Å². The van der Waals surface area contributed by atoms with Crippen molar-refractivity contribution in [3.63, 3.8) is 0 Å². The van der Waals surface area contributed by atoms with E-state index in [1.165, 1.54) is 4.31 Å². The first-order chi connectivity index (χ1) is 16.8. The van der Waals surface area contributed by atoms with Crippen molar-refractivity contribution in [3.05, 3.63) is 124 Å². The molecule has 4 aromatic rings. The van der Waals surface area contributed by atoms with Crippen LogP contribution in [0.5, 0.6) is 0 Å². The van der Waals surface area contributed by atoms with Gasteiger partial charge in [-0.25, -0.2) is 8.42 Å². The van der Waals surface area contributed by atoms with E-state index in [0.29, 0.717) is 10.7 Å². The van der Waals surface area contributed by atoms with E-state index in [4.69, 9.17) is 11.6 Å². The highest BCUT2D eigenvalue weighted by atomic mass is 127. The summed E-state index contributed by atoms with van der Waals surface area (Å²) in [6.07, 6.45) is 0. The van der Waals surface area contributed by atoms with E-state index in [2.05, 4.69) is 28.7 Å². The number of sulfonamides is 1. The molecule has 0 unspecified atom stereocenters. The van der Waals surface area contributed by atoms with Crippen LogP contribution < -0.4 is 0 Å². The van der Waals surface area contributed by atoms with Gasteiger partial charge in [0, 0.05) is 8.60 Å². The summed E-state index contributed by atoms with van der Waals surface area (Å²) in [5.74, 6) is 0. The van der Waals surface area contributed by atoms with E-state index < -0.39 is 10.0 Å². The molecule has 5 rings (SSSR count). The van der Waals surface area contributed by atoms with E-state index >= 15 is 0 Å². The molecule has 1 aliphatic heterocycles. The molecule has 1 aliphatic rings. The zero-order valence-electron chi connectivity index (χ0n) is 19.3. The van der Waals surface area contributed by atoms with Crippen molar-refractivity contribution in [3.8, 4) is 11.1 Å². The number of fused-ring (bicyclic) bond motifs is 3. The van der Waals surface area contributed by atoms with E-state index in [0.717, 1.165) is 42.5 Å². The highest BCUT2D eigenvalue weighted by Crippen LogP contribution is 2.45. The van der Waals surface area contributed by atoms with Gasteiger partial charge >= 0.3 is 0 Å². The number of nitrogens with zero attached hydrogens (tertiary/aromatic N) is 1. The number of aryl methyl sites for hydroxylation is 2. The Balaban J connectivity index is 1.86. The molecule has 0 saturated heterocycles. The fraction of sp³-hybridized carbons (Fsp3) is 0.103. The number of halogens is 2. The van der Waals surface area contributed by atoms with Crippen molar-refractivity contribution in [2.24, 2.45) is 0 Å². The smallest absolute Gasteiger partial charge is 0.260 e. The normalized spacial score (nSPS) is 15.7. The first-order valence-electron chi connectivity index (χ1n) is 11.2. The highest BCUT2D eigenvalue weighted by molar-refractivity contribution is 14.1. The number of hydrogen-bond donors (Lipinski definition) is 0. The zero-order valence-corrected chi connectivity index (χ0v) is 23.0. The Morgan fingerprint density at radius 1 is 0.771 bits per heavy atom. The summed E-state index contributed by atoms with van der Waals surface area (Å²) >= 11 is 8.71. The predicted octanol–water partition coefficient (Wildman–Crippen LogP) is 8.09. The standard InChI is InChI=1S/C29H23ClINO2S/c1-19-7-11-21(12-8-19)29-28(31)27-6-4-3-5-26(27)25-16-13-23(30)17-22(25)18-32(29)35(33,34)24-14-9-20(2)10-15-24/h3-17H,18H2,1-2H3/b29-28+. The number of benzene rings is 4. The molecule has 0 bridgehead atoms. The minimum atomic E-state index is -3.89. The van der Waals surface area contributed by atoms with Gasteiger partial charge in [0.05, 0.1) is 17.1 Å². The van der Waals surface area contributed by atoms with Crippen molar-refractivity contribution in [1.82, 2.24) is 4.31 Å². The van der Waals surface area contributed by atoms with Crippen LogP contribution in [0, 0.1) is 13.8 Å². The SMILES string of the molecule is Cc1ccc(/C2=C(\I)c3ccccc3-c3ccc(Cl)cc3CN2S(=O)(=O)c2ccc(C)cc2)cc1. The van der Waals surface area contributed by atoms with Crippen LogP contribution >= 0.6 is 34.2 Å². The Morgan fingerprint density at radius 2 is 1.37 bits per heavy atom. The topological polar surface area (TPSA) is 37.4 Å². The average Bonchev–Trinajstić information content (AvgIpc) is 2.84. The predicted molar refractivity (Wildman–Crippen MR) is 153 cm³/mol. The quantitative estimate of drug-likeness (QED) is 0.220. The van der Waals surface area contributed by atoms with Crippen molar-refractivity contribution in [2.45, 2.75) is 25.3 Å². The fourth-order valence-electron chi connectivity index (χ4n) is 4.36. The first kappa shape index (κ1) is 24.1. The largest absolute Gasteiger partial charge is 0.264 e. The maximum Gasteiger partial charge on any atom is 0.264 e. The summed E-state index contributed by atoms with van der Waals surface area (Å²) in [7, 11) is -3.89. The maximum atomic E-state index is 14.2. The molecule has 0 radical (unpaired) electrons. The highest BCUT2D eigenvalue weighted by Gasteiger charge is 2.32. The molecule has 35 heavy (non-hydrogen) atoms. The summed E-state index contributed by atoms with van der Waals surface area (Å²) in [6.45, 7) is 4.13. The Labute approximate surface area is 225 Å². The van der Waals surface area contributed by atoms with Gasteiger partial charge in [-0.05, 0) is 88.5 Å². The van der Waals surface area contributed by atoms with E-state index in [1.807, 2.05) is 86.6 Å². The number of hydrogen-bond acceptors (Lipinski definition) is 2. The molecule has 0 amide bonds. The van der Waals surface area contributed by atoms with Crippen molar-refractivity contribution in [2.75, 3.05) is 0 Å². The third-order valence-corrected chi connectivity index (χ3v) is 9.31. The summed E-state index contributed by atoms with van der Waals surface area (Å²) in [6, 6.07) is 28.9. The lowest BCUT2D eigenvalue weighted by Crippen LogP contribution is -2.31. The lowest BCUT2D eigenvalue weighted by molar-refractivity contribution is 0.508. The average molecular weight is 612 g/mol. The lowest BCUT2D eigenvalue weighted by Gasteiger charge is -2.32. The van der Waals surface area contributed by atoms with Crippen LogP contribution in [0.2, 0.25) is 5.02 Å².